The van der Waals surface area contributed by atoms with E-state index in [2.05, 4.69) is 54.2 Å². The predicted molar refractivity (Wildman–Crippen MR) is 222 cm³/mol. The van der Waals surface area contributed by atoms with Gasteiger partial charge in [-0.25, -0.2) is 14.8 Å². The molecule has 3 atom stereocenters. The number of nitrogens with two attached hydrogens (primary N) is 1. The van der Waals surface area contributed by atoms with Crippen LogP contribution in [0.3, 0.4) is 0 Å². The second-order valence-electron chi connectivity index (χ2n) is 16.9. The Morgan fingerprint density at radius 1 is 0.800 bits per heavy atom. The molecule has 17 heteroatoms. The number of urea groups is 1. The lowest BCUT2D eigenvalue weighted by atomic mass is 10.0. The molecule has 1 unspecified atom stereocenters. The van der Waals surface area contributed by atoms with E-state index in [4.69, 9.17) is 10.7 Å². The minimum Gasteiger partial charge on any atom is -0.371 e. The molecule has 3 N–H and O–H groups in total. The fourth-order valence-corrected chi connectivity index (χ4v) is 9.77. The van der Waals surface area contributed by atoms with E-state index in [1.807, 2.05) is 18.0 Å². The van der Waals surface area contributed by atoms with E-state index < -0.39 is 35.6 Å². The van der Waals surface area contributed by atoms with Crippen LogP contribution < -0.4 is 25.8 Å². The number of piperazine rings is 1. The zero-order valence-electron chi connectivity index (χ0n) is 33.9. The van der Waals surface area contributed by atoms with Crippen molar-refractivity contribution < 1.29 is 28.8 Å². The van der Waals surface area contributed by atoms with Crippen molar-refractivity contribution in [1.29, 1.82) is 0 Å². The molecular formula is C43H51N11O6. The Morgan fingerprint density at radius 3 is 2.30 bits per heavy atom. The highest BCUT2D eigenvalue weighted by molar-refractivity contribution is 6.23. The van der Waals surface area contributed by atoms with Gasteiger partial charge in [-0.1, -0.05) is 12.1 Å². The Balaban J connectivity index is 0.771. The number of hydrogen-bond donors (Lipinski definition) is 2. The fraction of sp³-hybridized carbons (Fsp3) is 0.488. The minimum absolute atomic E-state index is 0.0685. The first-order chi connectivity index (χ1) is 29.0. The quantitative estimate of drug-likeness (QED) is 0.282. The summed E-state index contributed by atoms with van der Waals surface area (Å²) < 4.78 is 0. The van der Waals surface area contributed by atoms with E-state index in [0.717, 1.165) is 107 Å². The topological polar surface area (TPSA) is 189 Å². The number of anilines is 3. The van der Waals surface area contributed by atoms with E-state index in [0.29, 0.717) is 41.5 Å². The first kappa shape index (κ1) is 39.4. The Kier molecular flexibility index (Phi) is 10.6. The Bertz CT molecular complexity index is 2230. The number of aromatic nitrogens is 2. The fourth-order valence-electron chi connectivity index (χ4n) is 9.77. The number of amides is 7. The third-order valence-electron chi connectivity index (χ3n) is 13.1. The monoisotopic (exact) mass is 817 g/mol. The summed E-state index contributed by atoms with van der Waals surface area (Å²) in [6.45, 7) is 9.28. The third-order valence-corrected chi connectivity index (χ3v) is 13.1. The van der Waals surface area contributed by atoms with Crippen molar-refractivity contribution in [3.8, 4) is 0 Å². The van der Waals surface area contributed by atoms with E-state index >= 15 is 0 Å². The summed E-state index contributed by atoms with van der Waals surface area (Å²) in [6.07, 6.45) is 5.16. The van der Waals surface area contributed by atoms with Gasteiger partial charge in [0, 0.05) is 103 Å². The van der Waals surface area contributed by atoms with E-state index in [1.165, 1.54) is 0 Å². The van der Waals surface area contributed by atoms with Gasteiger partial charge in [-0.15, -0.1) is 0 Å². The molecule has 6 aliphatic heterocycles. The molecule has 7 heterocycles. The number of fused-ring (bicyclic) bond motifs is 1. The standard InChI is InChI=1S/C43H51N11O6/c1-48-15-20-53(43(48)60)31-3-2-13-52(26-31)36-23-45-38(39(44)56)34(46-36)21-27-4-6-29(7-5-27)50-18-16-49(17-19-50)24-28-12-14-51(25-28)30-8-9-32-33(22-30)42(59)54(41(32)58)35-10-11-37(55)47-40(35)57/h4-9,22-23,28,31,35H,2-3,10-21,24-26H2,1H3,(H2,44,56)(H,47,55,57)/t28-,31+,35?/m0/s1. The van der Waals surface area contributed by atoms with Crippen LogP contribution in [0.1, 0.15) is 74.6 Å². The number of likely N-dealkylation sites (N-methyl/N-ethyl adjacent to an activating group) is 1. The van der Waals surface area contributed by atoms with Gasteiger partial charge in [0.05, 0.1) is 29.1 Å². The molecule has 0 radical (unpaired) electrons. The normalized spacial score (nSPS) is 23.9. The van der Waals surface area contributed by atoms with Gasteiger partial charge in [0.1, 0.15) is 17.6 Å². The Labute approximate surface area is 348 Å². The van der Waals surface area contributed by atoms with Gasteiger partial charge >= 0.3 is 6.03 Å². The van der Waals surface area contributed by atoms with Crippen LogP contribution in [0.25, 0.3) is 0 Å². The lowest BCUT2D eigenvalue weighted by Crippen LogP contribution is -2.54. The number of primary amides is 1. The highest BCUT2D eigenvalue weighted by atomic mass is 16.2. The van der Waals surface area contributed by atoms with Gasteiger partial charge in [-0.3, -0.25) is 39.1 Å². The van der Waals surface area contributed by atoms with Crippen LogP contribution in [0.2, 0.25) is 0 Å². The smallest absolute Gasteiger partial charge is 0.320 e. The van der Waals surface area contributed by atoms with Crippen LogP contribution in [0.15, 0.2) is 48.7 Å². The second kappa shape index (κ2) is 16.2. The van der Waals surface area contributed by atoms with Crippen LogP contribution in [-0.4, -0.2) is 156 Å². The highest BCUT2D eigenvalue weighted by Crippen LogP contribution is 2.33. The Morgan fingerprint density at radius 2 is 1.57 bits per heavy atom. The summed E-state index contributed by atoms with van der Waals surface area (Å²) in [5.41, 5.74) is 10.1. The summed E-state index contributed by atoms with van der Waals surface area (Å²) in [4.78, 5) is 99.2. The van der Waals surface area contributed by atoms with Crippen molar-refractivity contribution >= 4 is 52.8 Å². The van der Waals surface area contributed by atoms with Crippen molar-refractivity contribution in [1.82, 2.24) is 34.9 Å². The average molecular weight is 818 g/mol. The number of carbonyl (C=O) groups excluding carboxylic acids is 6. The van der Waals surface area contributed by atoms with Crippen molar-refractivity contribution in [2.75, 3.05) is 93.7 Å². The summed E-state index contributed by atoms with van der Waals surface area (Å²) in [5.74, 6) is -1.44. The molecule has 0 saturated carbocycles. The number of imide groups is 2. The van der Waals surface area contributed by atoms with Gasteiger partial charge in [0.25, 0.3) is 17.7 Å². The van der Waals surface area contributed by atoms with Gasteiger partial charge < -0.3 is 30.2 Å². The maximum atomic E-state index is 13.4. The first-order valence-electron chi connectivity index (χ1n) is 21.1. The Hall–Kier alpha value is -6.10. The van der Waals surface area contributed by atoms with E-state index in [9.17, 15) is 28.8 Å². The summed E-state index contributed by atoms with van der Waals surface area (Å²) in [6, 6.07) is 12.9. The van der Waals surface area contributed by atoms with Gasteiger partial charge in [0.15, 0.2) is 0 Å². The molecule has 7 amide bonds. The SMILES string of the molecule is CN1CCN([C@@H]2CCCN(c3cnc(C(N)=O)c(Cc4ccc(N5CCN(C[C@@H]6CCN(c7ccc8c(c7)C(=O)N(C7CCC(=O)NC7=O)C8=O)C6)CC5)cc4)n3)C2)C1=O. The molecule has 3 aromatic rings. The van der Waals surface area contributed by atoms with Crippen molar-refractivity contribution in [2.45, 2.75) is 50.6 Å². The molecular weight excluding hydrogens is 767 g/mol. The molecule has 17 nitrogen and oxygen atoms in total. The highest BCUT2D eigenvalue weighted by Gasteiger charge is 2.45. The van der Waals surface area contributed by atoms with Crippen LogP contribution >= 0.6 is 0 Å². The molecule has 6 aliphatic rings. The van der Waals surface area contributed by atoms with Crippen molar-refractivity contribution in [2.24, 2.45) is 11.7 Å². The van der Waals surface area contributed by atoms with Crippen LogP contribution in [-0.2, 0) is 16.0 Å². The molecule has 1 aromatic heterocycles. The summed E-state index contributed by atoms with van der Waals surface area (Å²) >= 11 is 0. The number of rotatable bonds is 10. The van der Waals surface area contributed by atoms with Gasteiger partial charge in [-0.05, 0) is 67.5 Å². The molecule has 5 saturated heterocycles. The van der Waals surface area contributed by atoms with Crippen LogP contribution in [0, 0.1) is 5.92 Å². The van der Waals surface area contributed by atoms with Crippen molar-refractivity contribution in [3.05, 3.63) is 76.7 Å². The summed E-state index contributed by atoms with van der Waals surface area (Å²) in [7, 11) is 1.84. The molecule has 2 aromatic carbocycles. The van der Waals surface area contributed by atoms with Crippen LogP contribution in [0.4, 0.5) is 22.0 Å². The zero-order chi connectivity index (χ0) is 41.7. The number of nitrogens with one attached hydrogen (secondary N) is 1. The first-order valence-corrected chi connectivity index (χ1v) is 21.1. The number of benzene rings is 2. The van der Waals surface area contributed by atoms with Gasteiger partial charge in [0.2, 0.25) is 11.8 Å². The van der Waals surface area contributed by atoms with E-state index in [-0.39, 0.29) is 30.6 Å². The summed E-state index contributed by atoms with van der Waals surface area (Å²) in [5, 5.41) is 2.25. The molecule has 314 valence electrons. The number of carbonyl (C=O) groups is 6. The largest absolute Gasteiger partial charge is 0.371 e. The number of piperidine rings is 2. The van der Waals surface area contributed by atoms with E-state index in [1.54, 1.807) is 23.2 Å². The molecule has 0 spiro atoms. The maximum absolute atomic E-state index is 13.4. The van der Waals surface area contributed by atoms with Gasteiger partial charge in [-0.2, -0.15) is 0 Å². The molecule has 9 rings (SSSR count). The van der Waals surface area contributed by atoms with Crippen molar-refractivity contribution in [3.63, 3.8) is 0 Å². The second-order valence-corrected chi connectivity index (χ2v) is 16.9. The average Bonchev–Trinajstić information content (AvgIpc) is 3.93. The van der Waals surface area contributed by atoms with Crippen LogP contribution in [0.5, 0.6) is 0 Å². The zero-order valence-corrected chi connectivity index (χ0v) is 33.9. The lowest BCUT2D eigenvalue weighted by Gasteiger charge is -2.38. The predicted octanol–water partition coefficient (Wildman–Crippen LogP) is 1.55. The molecule has 0 aliphatic carbocycles. The maximum Gasteiger partial charge on any atom is 0.320 e. The molecule has 60 heavy (non-hydrogen) atoms. The third kappa shape index (κ3) is 7.61. The minimum atomic E-state index is -0.978. The molecule has 5 fully saturated rings. The molecule has 0 bridgehead atoms. The lowest BCUT2D eigenvalue weighted by molar-refractivity contribution is -0.136. The number of nitrogens with zero attached hydrogens (tertiary/aromatic N) is 9. The number of hydrogen-bond acceptors (Lipinski definition) is 12.